The van der Waals surface area contributed by atoms with Crippen LogP contribution in [0.15, 0.2) is 59.4 Å². The van der Waals surface area contributed by atoms with Gasteiger partial charge in [-0.2, -0.15) is 5.26 Å². The van der Waals surface area contributed by atoms with Gasteiger partial charge in [-0.05, 0) is 36.6 Å². The first kappa shape index (κ1) is 19.8. The summed E-state index contributed by atoms with van der Waals surface area (Å²) in [7, 11) is 0. The van der Waals surface area contributed by atoms with Crippen LogP contribution in [0.1, 0.15) is 18.4 Å². The lowest BCUT2D eigenvalue weighted by molar-refractivity contribution is -0.123. The molecular weight excluding hydrogens is 401 g/mol. The molecule has 1 aromatic heterocycles. The van der Waals surface area contributed by atoms with Gasteiger partial charge in [0.2, 0.25) is 0 Å². The summed E-state index contributed by atoms with van der Waals surface area (Å²) < 4.78 is 16.2. The molecule has 0 atom stereocenters. The highest BCUT2D eigenvalue weighted by molar-refractivity contribution is 7.07. The van der Waals surface area contributed by atoms with E-state index in [1.807, 2.05) is 36.4 Å². The molecule has 30 heavy (non-hydrogen) atoms. The quantitative estimate of drug-likeness (QED) is 0.654. The number of nitriles is 1. The monoisotopic (exact) mass is 419 g/mol. The largest absolute Gasteiger partial charge is 0.338 e. The molecule has 2 aromatic carbocycles. The number of amides is 1. The fraction of sp³-hybridized carbons (Fsp3) is 0.174. The van der Waals surface area contributed by atoms with E-state index < -0.39 is 17.3 Å². The number of carbonyl (C=O) groups is 1. The van der Waals surface area contributed by atoms with E-state index in [0.717, 1.165) is 34.3 Å². The molecule has 3 aromatic rings. The second-order valence-corrected chi connectivity index (χ2v) is 7.94. The van der Waals surface area contributed by atoms with Gasteiger partial charge in [0, 0.05) is 13.1 Å². The van der Waals surface area contributed by atoms with Gasteiger partial charge < -0.3 is 4.90 Å². The minimum Gasteiger partial charge on any atom is -0.338 e. The second-order valence-electron chi connectivity index (χ2n) is 6.90. The van der Waals surface area contributed by atoms with E-state index in [1.54, 1.807) is 17.0 Å². The molecule has 0 radical (unpaired) electrons. The number of hydrogen-bond acceptors (Lipinski definition) is 4. The van der Waals surface area contributed by atoms with Crippen molar-refractivity contribution < 1.29 is 9.18 Å². The molecule has 2 heterocycles. The predicted molar refractivity (Wildman–Crippen MR) is 114 cm³/mol. The van der Waals surface area contributed by atoms with E-state index in [1.165, 1.54) is 18.2 Å². The highest BCUT2D eigenvalue weighted by Crippen LogP contribution is 2.13. The maximum Gasteiger partial charge on any atom is 0.273 e. The van der Waals surface area contributed by atoms with Crippen LogP contribution in [0.4, 0.5) is 4.39 Å². The Morgan fingerprint density at radius 2 is 1.73 bits per heavy atom. The number of halogens is 1. The molecule has 0 unspecified atom stereocenters. The average molecular weight is 419 g/mol. The van der Waals surface area contributed by atoms with Crippen LogP contribution < -0.4 is 14.8 Å². The van der Waals surface area contributed by atoms with E-state index in [2.05, 4.69) is 0 Å². The summed E-state index contributed by atoms with van der Waals surface area (Å²) in [5.74, 6) is -1.02. The smallest absolute Gasteiger partial charge is 0.273 e. The van der Waals surface area contributed by atoms with Gasteiger partial charge in [-0.1, -0.05) is 42.5 Å². The Morgan fingerprint density at radius 3 is 2.40 bits per heavy atom. The number of hydrogen-bond donors (Lipinski definition) is 0. The van der Waals surface area contributed by atoms with E-state index in [9.17, 15) is 19.2 Å². The molecule has 1 aliphatic heterocycles. The number of benzene rings is 2. The summed E-state index contributed by atoms with van der Waals surface area (Å²) in [6.45, 7) is 1.14. The molecule has 1 aliphatic rings. The zero-order valence-electron chi connectivity index (χ0n) is 16.0. The van der Waals surface area contributed by atoms with Crippen LogP contribution in [-0.2, 0) is 4.79 Å². The third kappa shape index (κ3) is 3.70. The summed E-state index contributed by atoms with van der Waals surface area (Å²) in [5, 5.41) is 9.79. The van der Waals surface area contributed by atoms with Gasteiger partial charge in [0.15, 0.2) is 5.57 Å². The van der Waals surface area contributed by atoms with Gasteiger partial charge in [0.05, 0.1) is 10.2 Å². The van der Waals surface area contributed by atoms with Crippen molar-refractivity contribution in [2.45, 2.75) is 12.8 Å². The summed E-state index contributed by atoms with van der Waals surface area (Å²) in [6, 6.07) is 17.1. The van der Waals surface area contributed by atoms with Crippen LogP contribution >= 0.6 is 11.3 Å². The van der Waals surface area contributed by atoms with Crippen molar-refractivity contribution in [2.75, 3.05) is 13.1 Å². The molecule has 0 bridgehead atoms. The number of likely N-dealkylation sites (tertiary alicyclic amines) is 1. The Kier molecular flexibility index (Phi) is 5.59. The molecule has 5 nitrogen and oxygen atoms in total. The number of thiazole rings is 1. The summed E-state index contributed by atoms with van der Waals surface area (Å²) >= 11 is 1.03. The summed E-state index contributed by atoms with van der Waals surface area (Å²) in [6.07, 6.45) is 3.44. The van der Waals surface area contributed by atoms with E-state index in [4.69, 9.17) is 0 Å². The molecule has 1 amide bonds. The van der Waals surface area contributed by atoms with Crippen molar-refractivity contribution in [2.24, 2.45) is 0 Å². The lowest BCUT2D eigenvalue weighted by Crippen LogP contribution is -2.35. The van der Waals surface area contributed by atoms with Crippen molar-refractivity contribution in [1.29, 1.82) is 5.26 Å². The Morgan fingerprint density at radius 1 is 1.07 bits per heavy atom. The fourth-order valence-corrected chi connectivity index (χ4v) is 4.56. The first-order valence-corrected chi connectivity index (χ1v) is 10.4. The third-order valence-electron chi connectivity index (χ3n) is 4.95. The molecule has 7 heteroatoms. The van der Waals surface area contributed by atoms with E-state index in [-0.39, 0.29) is 15.9 Å². The average Bonchev–Trinajstić information content (AvgIpc) is 3.40. The van der Waals surface area contributed by atoms with Crippen LogP contribution in [0.5, 0.6) is 0 Å². The molecule has 0 N–H and O–H groups in total. The molecule has 0 saturated carbocycles. The minimum atomic E-state index is -0.601. The molecule has 1 saturated heterocycles. The highest BCUT2D eigenvalue weighted by atomic mass is 32.1. The lowest BCUT2D eigenvalue weighted by atomic mass is 10.2. The Bertz CT molecular complexity index is 1310. The predicted octanol–water partition coefficient (Wildman–Crippen LogP) is 2.16. The SMILES string of the molecule is N#C/C(C(=O)N1CCCC1)=c1/s/c(=C/c2ccccc2)c(=O)n1-c1ccccc1F. The van der Waals surface area contributed by atoms with Gasteiger partial charge in [-0.25, -0.2) is 4.39 Å². The number of carbonyl (C=O) groups excluding carboxylic acids is 1. The number of nitrogens with zero attached hydrogens (tertiary/aromatic N) is 3. The Hall–Kier alpha value is -3.50. The molecular formula is C23H18FN3O2S. The number of rotatable bonds is 3. The zero-order chi connectivity index (χ0) is 21.1. The van der Waals surface area contributed by atoms with Crippen molar-refractivity contribution in [3.8, 4) is 11.8 Å². The van der Waals surface area contributed by atoms with Gasteiger partial charge in [-0.15, -0.1) is 11.3 Å². The van der Waals surface area contributed by atoms with Crippen LogP contribution in [0.2, 0.25) is 0 Å². The Labute approximate surface area is 176 Å². The first-order chi connectivity index (χ1) is 14.6. The van der Waals surface area contributed by atoms with Gasteiger partial charge in [-0.3, -0.25) is 14.2 Å². The molecule has 4 rings (SSSR count). The maximum atomic E-state index is 14.6. The molecule has 1 fully saturated rings. The van der Waals surface area contributed by atoms with Crippen LogP contribution in [0, 0.1) is 17.1 Å². The molecule has 0 aliphatic carbocycles. The fourth-order valence-electron chi connectivity index (χ4n) is 3.47. The van der Waals surface area contributed by atoms with Crippen LogP contribution in [-0.4, -0.2) is 28.5 Å². The van der Waals surface area contributed by atoms with Crippen molar-refractivity contribution in [3.05, 3.63) is 85.5 Å². The van der Waals surface area contributed by atoms with Crippen molar-refractivity contribution >= 4 is 28.9 Å². The summed E-state index contributed by atoms with van der Waals surface area (Å²) in [4.78, 5) is 27.8. The van der Waals surface area contributed by atoms with Crippen LogP contribution in [0.25, 0.3) is 17.3 Å². The van der Waals surface area contributed by atoms with E-state index >= 15 is 0 Å². The van der Waals surface area contributed by atoms with Crippen molar-refractivity contribution in [3.63, 3.8) is 0 Å². The Balaban J connectivity index is 2.04. The van der Waals surface area contributed by atoms with Gasteiger partial charge in [0.1, 0.15) is 16.5 Å². The number of para-hydroxylation sites is 1. The summed E-state index contributed by atoms with van der Waals surface area (Å²) in [5.41, 5.74) is 0.205. The normalized spacial score (nSPS) is 15.2. The minimum absolute atomic E-state index is 0.0171. The van der Waals surface area contributed by atoms with Gasteiger partial charge >= 0.3 is 0 Å². The van der Waals surface area contributed by atoms with Crippen molar-refractivity contribution in [1.82, 2.24) is 9.47 Å². The molecule has 150 valence electrons. The van der Waals surface area contributed by atoms with Crippen LogP contribution in [0.3, 0.4) is 0 Å². The highest BCUT2D eigenvalue weighted by Gasteiger charge is 2.25. The van der Waals surface area contributed by atoms with Gasteiger partial charge in [0.25, 0.3) is 11.5 Å². The zero-order valence-corrected chi connectivity index (χ0v) is 16.9. The molecule has 0 spiro atoms. The topological polar surface area (TPSA) is 66.1 Å². The second kappa shape index (κ2) is 8.47. The third-order valence-corrected chi connectivity index (χ3v) is 6.04. The number of aromatic nitrogens is 1. The standard InChI is InChI=1S/C23H18FN3O2S/c24-18-10-4-5-11-19(18)27-22(29)20(14-16-8-2-1-3-9-16)30-23(27)17(15-25)21(28)26-12-6-7-13-26/h1-5,8-11,14H,6-7,12-13H2/b20-14+,23-17-. The van der Waals surface area contributed by atoms with E-state index in [0.29, 0.717) is 17.6 Å². The lowest BCUT2D eigenvalue weighted by Gasteiger charge is -2.14. The maximum absolute atomic E-state index is 14.6. The first-order valence-electron chi connectivity index (χ1n) is 9.57.